The zero-order valence-electron chi connectivity index (χ0n) is 8.39. The van der Waals surface area contributed by atoms with Gasteiger partial charge in [-0.3, -0.25) is 0 Å². The van der Waals surface area contributed by atoms with Crippen molar-refractivity contribution in [2.24, 2.45) is 11.8 Å². The molecule has 0 aliphatic heterocycles. The highest BCUT2D eigenvalue weighted by Crippen LogP contribution is 2.03. The molecule has 0 aromatic carbocycles. The molecule has 0 unspecified atom stereocenters. The van der Waals surface area contributed by atoms with Gasteiger partial charge in [-0.15, -0.1) is 0 Å². The second-order valence-electron chi connectivity index (χ2n) is 4.00. The average Bonchev–Trinajstić information content (AvgIpc) is 1.85. The molecule has 1 heteroatoms. The Morgan fingerprint density at radius 1 is 1.00 bits per heavy atom. The first-order valence-electron chi connectivity index (χ1n) is 4.70. The lowest BCUT2D eigenvalue weighted by atomic mass is 10.1. The summed E-state index contributed by atoms with van der Waals surface area (Å²) in [5, 5.41) is 0. The fourth-order valence-corrected chi connectivity index (χ4v) is 0.913. The first-order chi connectivity index (χ1) is 5.13. The highest BCUT2D eigenvalue weighted by Gasteiger charge is 1.95. The van der Waals surface area contributed by atoms with Crippen molar-refractivity contribution >= 4 is 0 Å². The summed E-state index contributed by atoms with van der Waals surface area (Å²) >= 11 is 0. The third-order valence-corrected chi connectivity index (χ3v) is 1.52. The van der Waals surface area contributed by atoms with Gasteiger partial charge in [0.1, 0.15) is 0 Å². The second-order valence-corrected chi connectivity index (χ2v) is 4.00. The van der Waals surface area contributed by atoms with Crippen LogP contribution in [-0.4, -0.2) is 13.2 Å². The molecule has 0 rings (SSSR count). The van der Waals surface area contributed by atoms with E-state index in [2.05, 4.69) is 27.7 Å². The Morgan fingerprint density at radius 3 is 2.09 bits per heavy atom. The Morgan fingerprint density at radius 2 is 1.64 bits per heavy atom. The van der Waals surface area contributed by atoms with Gasteiger partial charge in [-0.25, -0.2) is 0 Å². The Labute approximate surface area is 71.1 Å². The van der Waals surface area contributed by atoms with Crippen molar-refractivity contribution in [1.82, 2.24) is 0 Å². The Kier molecular flexibility index (Phi) is 6.63. The summed E-state index contributed by atoms with van der Waals surface area (Å²) in [5.41, 5.74) is 0. The number of rotatable bonds is 6. The molecule has 0 aromatic heterocycles. The van der Waals surface area contributed by atoms with Crippen LogP contribution in [0.5, 0.6) is 0 Å². The highest BCUT2D eigenvalue weighted by atomic mass is 16.5. The third-order valence-electron chi connectivity index (χ3n) is 1.52. The standard InChI is InChI=1S/C10H22O/c1-9(2)6-5-7-11-8-10(3)4/h9-10H,5-8H2,1-4H3. The van der Waals surface area contributed by atoms with Gasteiger partial charge in [-0.2, -0.15) is 0 Å². The van der Waals surface area contributed by atoms with Crippen LogP contribution in [-0.2, 0) is 4.74 Å². The van der Waals surface area contributed by atoms with Crippen molar-refractivity contribution < 1.29 is 4.74 Å². The van der Waals surface area contributed by atoms with Crippen LogP contribution >= 0.6 is 0 Å². The summed E-state index contributed by atoms with van der Waals surface area (Å²) in [5.74, 6) is 1.49. The van der Waals surface area contributed by atoms with Gasteiger partial charge in [-0.05, 0) is 24.7 Å². The molecule has 0 atom stereocenters. The van der Waals surface area contributed by atoms with E-state index < -0.39 is 0 Å². The van der Waals surface area contributed by atoms with Crippen molar-refractivity contribution in [3.8, 4) is 0 Å². The first kappa shape index (κ1) is 11.0. The van der Waals surface area contributed by atoms with Crippen molar-refractivity contribution in [2.45, 2.75) is 40.5 Å². The molecule has 0 aliphatic rings. The third kappa shape index (κ3) is 9.96. The van der Waals surface area contributed by atoms with Crippen LogP contribution in [0.25, 0.3) is 0 Å². The number of ether oxygens (including phenoxy) is 1. The van der Waals surface area contributed by atoms with E-state index in [9.17, 15) is 0 Å². The van der Waals surface area contributed by atoms with E-state index in [0.717, 1.165) is 19.1 Å². The molecule has 0 aliphatic carbocycles. The maximum Gasteiger partial charge on any atom is 0.0488 e. The summed E-state index contributed by atoms with van der Waals surface area (Å²) in [7, 11) is 0. The summed E-state index contributed by atoms with van der Waals surface area (Å²) in [6, 6.07) is 0. The molecule has 11 heavy (non-hydrogen) atoms. The van der Waals surface area contributed by atoms with Crippen LogP contribution in [0.2, 0.25) is 0 Å². The fraction of sp³-hybridized carbons (Fsp3) is 1.00. The number of hydrogen-bond acceptors (Lipinski definition) is 1. The van der Waals surface area contributed by atoms with Gasteiger partial charge < -0.3 is 4.74 Å². The highest BCUT2D eigenvalue weighted by molar-refractivity contribution is 4.45. The van der Waals surface area contributed by atoms with E-state index in [4.69, 9.17) is 4.74 Å². The van der Waals surface area contributed by atoms with Crippen LogP contribution < -0.4 is 0 Å². The van der Waals surface area contributed by atoms with Gasteiger partial charge in [0.05, 0.1) is 0 Å². The van der Waals surface area contributed by atoms with Gasteiger partial charge in [0.15, 0.2) is 0 Å². The molecular weight excluding hydrogens is 136 g/mol. The van der Waals surface area contributed by atoms with E-state index >= 15 is 0 Å². The lowest BCUT2D eigenvalue weighted by Gasteiger charge is -2.07. The second kappa shape index (κ2) is 6.66. The molecule has 68 valence electrons. The number of hydrogen-bond donors (Lipinski definition) is 0. The summed E-state index contributed by atoms with van der Waals surface area (Å²) < 4.78 is 5.45. The maximum atomic E-state index is 5.45. The quantitative estimate of drug-likeness (QED) is 0.540. The average molecular weight is 158 g/mol. The van der Waals surface area contributed by atoms with Crippen LogP contribution in [0.1, 0.15) is 40.5 Å². The Balaban J connectivity index is 2.91. The molecule has 0 saturated carbocycles. The SMILES string of the molecule is CC(C)CCCOCC(C)C. The monoisotopic (exact) mass is 158 g/mol. The molecule has 0 saturated heterocycles. The van der Waals surface area contributed by atoms with E-state index in [-0.39, 0.29) is 0 Å². The largest absolute Gasteiger partial charge is 0.381 e. The first-order valence-corrected chi connectivity index (χ1v) is 4.70. The summed E-state index contributed by atoms with van der Waals surface area (Å²) in [6.45, 7) is 10.7. The molecule has 0 radical (unpaired) electrons. The summed E-state index contributed by atoms with van der Waals surface area (Å²) in [4.78, 5) is 0. The molecule has 1 nitrogen and oxygen atoms in total. The molecule has 0 heterocycles. The van der Waals surface area contributed by atoms with Crippen molar-refractivity contribution in [3.05, 3.63) is 0 Å². The van der Waals surface area contributed by atoms with Crippen molar-refractivity contribution in [3.63, 3.8) is 0 Å². The van der Waals surface area contributed by atoms with Gasteiger partial charge >= 0.3 is 0 Å². The minimum absolute atomic E-state index is 0.675. The van der Waals surface area contributed by atoms with Gasteiger partial charge in [0, 0.05) is 13.2 Å². The lowest BCUT2D eigenvalue weighted by Crippen LogP contribution is -2.03. The van der Waals surface area contributed by atoms with Crippen molar-refractivity contribution in [1.29, 1.82) is 0 Å². The molecule has 0 amide bonds. The molecule has 0 bridgehead atoms. The van der Waals surface area contributed by atoms with E-state index in [1.54, 1.807) is 0 Å². The molecule has 0 fully saturated rings. The summed E-state index contributed by atoms with van der Waals surface area (Å²) in [6.07, 6.45) is 2.50. The lowest BCUT2D eigenvalue weighted by molar-refractivity contribution is 0.105. The topological polar surface area (TPSA) is 9.23 Å². The van der Waals surface area contributed by atoms with E-state index in [1.165, 1.54) is 12.8 Å². The normalized spacial score (nSPS) is 11.5. The molecule has 0 N–H and O–H groups in total. The fourth-order valence-electron chi connectivity index (χ4n) is 0.913. The van der Waals surface area contributed by atoms with Crippen LogP contribution in [0.3, 0.4) is 0 Å². The van der Waals surface area contributed by atoms with Crippen LogP contribution in [0.15, 0.2) is 0 Å². The molecular formula is C10H22O. The molecule has 0 aromatic rings. The Hall–Kier alpha value is -0.0400. The Bertz CT molecular complexity index is 66.9. The maximum absolute atomic E-state index is 5.45. The van der Waals surface area contributed by atoms with Gasteiger partial charge in [0.25, 0.3) is 0 Å². The van der Waals surface area contributed by atoms with Crippen LogP contribution in [0, 0.1) is 11.8 Å². The van der Waals surface area contributed by atoms with E-state index in [0.29, 0.717) is 5.92 Å². The minimum atomic E-state index is 0.675. The zero-order valence-corrected chi connectivity index (χ0v) is 8.39. The van der Waals surface area contributed by atoms with Crippen LogP contribution in [0.4, 0.5) is 0 Å². The predicted octanol–water partition coefficient (Wildman–Crippen LogP) is 3.10. The van der Waals surface area contributed by atoms with Crippen molar-refractivity contribution in [2.75, 3.05) is 13.2 Å². The smallest absolute Gasteiger partial charge is 0.0488 e. The minimum Gasteiger partial charge on any atom is -0.381 e. The van der Waals surface area contributed by atoms with Gasteiger partial charge in [0.2, 0.25) is 0 Å². The predicted molar refractivity (Wildman–Crippen MR) is 49.7 cm³/mol. The zero-order chi connectivity index (χ0) is 8.69. The van der Waals surface area contributed by atoms with E-state index in [1.807, 2.05) is 0 Å². The molecule has 0 spiro atoms. The van der Waals surface area contributed by atoms with Gasteiger partial charge in [-0.1, -0.05) is 27.7 Å².